The van der Waals surface area contributed by atoms with Gasteiger partial charge in [0.2, 0.25) is 6.54 Å². The van der Waals surface area contributed by atoms with Crippen LogP contribution in [0.25, 0.3) is 4.85 Å². The molecule has 4 nitrogen and oxygen atoms in total. The minimum Gasteiger partial charge on any atom is -0.378 e. The summed E-state index contributed by atoms with van der Waals surface area (Å²) in [6.45, 7) is 8.78. The van der Waals surface area contributed by atoms with Gasteiger partial charge in [0.25, 0.3) is 0 Å². The van der Waals surface area contributed by atoms with E-state index in [1.165, 1.54) is 0 Å². The van der Waals surface area contributed by atoms with Crippen molar-refractivity contribution >= 4 is 0 Å². The van der Waals surface area contributed by atoms with Crippen LogP contribution in [0.5, 0.6) is 0 Å². The molecule has 0 aliphatic heterocycles. The molecule has 0 aliphatic rings. The standard InChI is InChI=1S/C8H12N2O2/c1-10-4-6-12-8-7-11-5-2-3-9/h2,4-8H2. The summed E-state index contributed by atoms with van der Waals surface area (Å²) in [5.74, 6) is 0. The average molecular weight is 168 g/mol. The van der Waals surface area contributed by atoms with Crippen LogP contribution in [-0.2, 0) is 9.47 Å². The number of ether oxygens (including phenoxy) is 2. The van der Waals surface area contributed by atoms with Gasteiger partial charge in [-0.25, -0.2) is 6.57 Å². The maximum Gasteiger partial charge on any atom is 0.237 e. The van der Waals surface area contributed by atoms with Crippen LogP contribution in [0, 0.1) is 17.9 Å². The minimum atomic E-state index is 0.401. The molecular formula is C8H12N2O2. The summed E-state index contributed by atoms with van der Waals surface area (Å²) >= 11 is 0. The second-order valence-electron chi connectivity index (χ2n) is 2.01. The van der Waals surface area contributed by atoms with Crippen molar-refractivity contribution in [3.05, 3.63) is 11.4 Å². The van der Waals surface area contributed by atoms with Crippen LogP contribution in [0.3, 0.4) is 0 Å². The Morgan fingerprint density at radius 2 is 1.83 bits per heavy atom. The zero-order valence-electron chi connectivity index (χ0n) is 6.95. The third-order valence-electron chi connectivity index (χ3n) is 1.08. The first-order valence-electron chi connectivity index (χ1n) is 3.77. The fourth-order valence-corrected chi connectivity index (χ4v) is 0.550. The molecular weight excluding hydrogens is 156 g/mol. The van der Waals surface area contributed by atoms with Crippen LogP contribution in [0.15, 0.2) is 0 Å². The van der Waals surface area contributed by atoms with E-state index in [1.54, 1.807) is 0 Å². The molecule has 0 spiro atoms. The van der Waals surface area contributed by atoms with Gasteiger partial charge in [0, 0.05) is 0 Å². The van der Waals surface area contributed by atoms with E-state index >= 15 is 0 Å². The molecule has 0 fully saturated rings. The molecule has 66 valence electrons. The highest BCUT2D eigenvalue weighted by Crippen LogP contribution is 1.82. The predicted octanol–water partition coefficient (Wildman–Crippen LogP) is 0.853. The molecule has 0 atom stereocenters. The van der Waals surface area contributed by atoms with Gasteiger partial charge in [0.1, 0.15) is 6.61 Å². The molecule has 0 rings (SSSR count). The number of nitrogens with zero attached hydrogens (tertiary/aromatic N) is 2. The van der Waals surface area contributed by atoms with Crippen LogP contribution in [0.1, 0.15) is 6.42 Å². The molecule has 0 aromatic heterocycles. The molecule has 0 heterocycles. The Kier molecular flexibility index (Phi) is 8.99. The fourth-order valence-electron chi connectivity index (χ4n) is 0.550. The molecule has 0 aliphatic carbocycles. The van der Waals surface area contributed by atoms with Gasteiger partial charge in [-0.2, -0.15) is 5.26 Å². The minimum absolute atomic E-state index is 0.401. The molecule has 0 amide bonds. The quantitative estimate of drug-likeness (QED) is 0.418. The molecule has 12 heavy (non-hydrogen) atoms. The molecule has 0 unspecified atom stereocenters. The van der Waals surface area contributed by atoms with Crippen molar-refractivity contribution in [1.82, 2.24) is 0 Å². The Morgan fingerprint density at radius 1 is 1.17 bits per heavy atom. The first-order chi connectivity index (χ1) is 5.91. The van der Waals surface area contributed by atoms with Crippen molar-refractivity contribution in [3.8, 4) is 6.07 Å². The zero-order valence-corrected chi connectivity index (χ0v) is 6.95. The van der Waals surface area contributed by atoms with Gasteiger partial charge in [-0.1, -0.05) is 0 Å². The van der Waals surface area contributed by atoms with Crippen LogP contribution in [0.2, 0.25) is 0 Å². The molecule has 0 radical (unpaired) electrons. The first-order valence-corrected chi connectivity index (χ1v) is 3.77. The Balaban J connectivity index is 2.84. The van der Waals surface area contributed by atoms with E-state index in [1.807, 2.05) is 6.07 Å². The van der Waals surface area contributed by atoms with E-state index < -0.39 is 0 Å². The van der Waals surface area contributed by atoms with E-state index in [2.05, 4.69) is 4.85 Å². The zero-order chi connectivity index (χ0) is 9.07. The summed E-state index contributed by atoms with van der Waals surface area (Å²) in [5.41, 5.74) is 0. The maximum atomic E-state index is 8.14. The molecule has 0 N–H and O–H groups in total. The molecule has 0 bridgehead atoms. The highest BCUT2D eigenvalue weighted by molar-refractivity contribution is 4.66. The van der Waals surface area contributed by atoms with Crippen LogP contribution in [-0.4, -0.2) is 33.0 Å². The van der Waals surface area contributed by atoms with Gasteiger partial charge in [-0.05, 0) is 0 Å². The first kappa shape index (κ1) is 10.9. The van der Waals surface area contributed by atoms with Gasteiger partial charge in [0.05, 0.1) is 32.3 Å². The van der Waals surface area contributed by atoms with Crippen molar-refractivity contribution < 1.29 is 9.47 Å². The average Bonchev–Trinajstić information content (AvgIpc) is 2.10. The predicted molar refractivity (Wildman–Crippen MR) is 43.3 cm³/mol. The number of hydrogen-bond acceptors (Lipinski definition) is 3. The number of rotatable bonds is 7. The maximum absolute atomic E-state index is 8.14. The highest BCUT2D eigenvalue weighted by atomic mass is 16.5. The Hall–Kier alpha value is -1.10. The van der Waals surface area contributed by atoms with Crippen molar-refractivity contribution in [1.29, 1.82) is 5.26 Å². The summed E-state index contributed by atoms with van der Waals surface area (Å²) in [5, 5.41) is 8.14. The van der Waals surface area contributed by atoms with Crippen LogP contribution < -0.4 is 0 Å². The molecule has 0 aromatic carbocycles. The summed E-state index contributed by atoms with van der Waals surface area (Å²) in [6.07, 6.45) is 0.419. The van der Waals surface area contributed by atoms with E-state index in [4.69, 9.17) is 21.3 Å². The van der Waals surface area contributed by atoms with Gasteiger partial charge in [0.15, 0.2) is 0 Å². The third kappa shape index (κ3) is 8.90. The van der Waals surface area contributed by atoms with Gasteiger partial charge >= 0.3 is 0 Å². The topological polar surface area (TPSA) is 46.6 Å². The summed E-state index contributed by atoms with van der Waals surface area (Å²) in [6, 6.07) is 1.97. The van der Waals surface area contributed by atoms with Gasteiger partial charge in [-0.15, -0.1) is 0 Å². The fraction of sp³-hybridized carbons (Fsp3) is 0.750. The van der Waals surface area contributed by atoms with Crippen LogP contribution >= 0.6 is 0 Å². The number of nitriles is 1. The summed E-state index contributed by atoms with van der Waals surface area (Å²) in [7, 11) is 0. The van der Waals surface area contributed by atoms with Crippen molar-refractivity contribution in [2.45, 2.75) is 6.42 Å². The lowest BCUT2D eigenvalue weighted by atomic mass is 10.5. The van der Waals surface area contributed by atoms with Crippen molar-refractivity contribution in [3.63, 3.8) is 0 Å². The number of hydrogen-bond donors (Lipinski definition) is 0. The molecule has 0 aromatic rings. The molecule has 4 heteroatoms. The molecule has 0 saturated carbocycles. The summed E-state index contributed by atoms with van der Waals surface area (Å²) < 4.78 is 10.1. The highest BCUT2D eigenvalue weighted by Gasteiger charge is 1.90. The van der Waals surface area contributed by atoms with Crippen molar-refractivity contribution in [2.24, 2.45) is 0 Å². The third-order valence-corrected chi connectivity index (χ3v) is 1.08. The Labute approximate surface area is 72.5 Å². The lowest BCUT2D eigenvalue weighted by molar-refractivity contribution is 0.0545. The van der Waals surface area contributed by atoms with Crippen molar-refractivity contribution in [2.75, 3.05) is 33.0 Å². The Morgan fingerprint density at radius 3 is 2.42 bits per heavy atom. The van der Waals surface area contributed by atoms with E-state index in [9.17, 15) is 0 Å². The monoisotopic (exact) mass is 168 g/mol. The van der Waals surface area contributed by atoms with E-state index in [0.717, 1.165) is 0 Å². The van der Waals surface area contributed by atoms with Gasteiger partial charge < -0.3 is 14.3 Å². The normalized spacial score (nSPS) is 8.83. The second kappa shape index (κ2) is 9.90. The SMILES string of the molecule is [C-]#[N+]CCOCCOCCC#N. The Bertz CT molecular complexity index is 149. The second-order valence-corrected chi connectivity index (χ2v) is 2.01. The summed E-state index contributed by atoms with van der Waals surface area (Å²) in [4.78, 5) is 3.12. The molecule has 0 saturated heterocycles. The largest absolute Gasteiger partial charge is 0.378 e. The van der Waals surface area contributed by atoms with E-state index in [0.29, 0.717) is 39.4 Å². The van der Waals surface area contributed by atoms with Gasteiger partial charge in [-0.3, -0.25) is 0 Å². The van der Waals surface area contributed by atoms with E-state index in [-0.39, 0.29) is 0 Å². The lowest BCUT2D eigenvalue weighted by Crippen LogP contribution is -2.06. The smallest absolute Gasteiger partial charge is 0.237 e. The van der Waals surface area contributed by atoms with Crippen LogP contribution in [0.4, 0.5) is 0 Å². The lowest BCUT2D eigenvalue weighted by Gasteiger charge is -2.00.